The number of alkyl halides is 1. The molecule has 0 aromatic carbocycles. The van der Waals surface area contributed by atoms with Gasteiger partial charge in [-0.3, -0.25) is 0 Å². The lowest BCUT2D eigenvalue weighted by molar-refractivity contribution is 0.301. The van der Waals surface area contributed by atoms with Crippen molar-refractivity contribution in [2.75, 3.05) is 24.2 Å². The summed E-state index contributed by atoms with van der Waals surface area (Å²) < 4.78 is 25.2. The SMILES string of the molecule is O=S(=O)(CCCCCCCCCCCCBr)NCCO. The van der Waals surface area contributed by atoms with Crippen molar-refractivity contribution in [3.63, 3.8) is 0 Å². The number of hydrogen-bond acceptors (Lipinski definition) is 3. The van der Waals surface area contributed by atoms with Gasteiger partial charge >= 0.3 is 0 Å². The molecule has 0 aromatic rings. The van der Waals surface area contributed by atoms with Crippen molar-refractivity contribution in [3.8, 4) is 0 Å². The average molecular weight is 372 g/mol. The minimum atomic E-state index is -3.17. The Morgan fingerprint density at radius 3 is 1.70 bits per heavy atom. The van der Waals surface area contributed by atoms with Gasteiger partial charge in [0.1, 0.15) is 0 Å². The summed E-state index contributed by atoms with van der Waals surface area (Å²) in [5, 5.41) is 9.67. The standard InChI is InChI=1S/C14H30BrNO3S/c15-11-9-7-5-3-1-2-4-6-8-10-14-20(18,19)16-12-13-17/h16-17H,1-14H2. The zero-order valence-corrected chi connectivity index (χ0v) is 14.9. The third kappa shape index (κ3) is 14.8. The molecule has 0 atom stereocenters. The Morgan fingerprint density at radius 2 is 1.25 bits per heavy atom. The number of rotatable bonds is 15. The highest BCUT2D eigenvalue weighted by molar-refractivity contribution is 9.09. The van der Waals surface area contributed by atoms with E-state index in [-0.39, 0.29) is 18.9 Å². The van der Waals surface area contributed by atoms with Gasteiger partial charge in [0.25, 0.3) is 0 Å². The number of nitrogens with one attached hydrogen (secondary N) is 1. The fourth-order valence-electron chi connectivity index (χ4n) is 2.07. The number of hydrogen-bond donors (Lipinski definition) is 2. The average Bonchev–Trinajstić information content (AvgIpc) is 2.42. The fraction of sp³-hybridized carbons (Fsp3) is 1.00. The molecule has 0 aliphatic carbocycles. The molecule has 2 N–H and O–H groups in total. The van der Waals surface area contributed by atoms with Crippen molar-refractivity contribution < 1.29 is 13.5 Å². The zero-order valence-electron chi connectivity index (χ0n) is 12.4. The largest absolute Gasteiger partial charge is 0.395 e. The van der Waals surface area contributed by atoms with Crippen LogP contribution in [0.25, 0.3) is 0 Å². The van der Waals surface area contributed by atoms with Gasteiger partial charge in [-0.25, -0.2) is 13.1 Å². The Labute approximate surface area is 132 Å². The number of halogens is 1. The topological polar surface area (TPSA) is 66.4 Å². The first-order valence-corrected chi connectivity index (χ1v) is 10.5. The first-order valence-electron chi connectivity index (χ1n) is 7.76. The van der Waals surface area contributed by atoms with E-state index in [2.05, 4.69) is 20.7 Å². The molecular weight excluding hydrogens is 342 g/mol. The Hall–Kier alpha value is 0.350. The molecule has 0 amide bonds. The molecular formula is C14H30BrNO3S. The Kier molecular flexibility index (Phi) is 14.5. The summed E-state index contributed by atoms with van der Waals surface area (Å²) >= 11 is 3.44. The highest BCUT2D eigenvalue weighted by atomic mass is 79.9. The summed E-state index contributed by atoms with van der Waals surface area (Å²) in [6, 6.07) is 0. The highest BCUT2D eigenvalue weighted by Crippen LogP contribution is 2.11. The van der Waals surface area contributed by atoms with Crippen LogP contribution in [0.1, 0.15) is 64.2 Å². The molecule has 6 heteroatoms. The normalized spacial score (nSPS) is 11.9. The molecule has 0 rings (SSSR count). The minimum Gasteiger partial charge on any atom is -0.395 e. The van der Waals surface area contributed by atoms with E-state index in [9.17, 15) is 8.42 Å². The highest BCUT2D eigenvalue weighted by Gasteiger charge is 2.07. The zero-order chi connectivity index (χ0) is 15.1. The van der Waals surface area contributed by atoms with Crippen molar-refractivity contribution in [2.24, 2.45) is 0 Å². The van der Waals surface area contributed by atoms with Crippen LogP contribution < -0.4 is 4.72 Å². The second kappa shape index (κ2) is 14.3. The molecule has 0 bridgehead atoms. The molecule has 0 saturated heterocycles. The van der Waals surface area contributed by atoms with E-state index in [4.69, 9.17) is 5.11 Å². The number of aliphatic hydroxyl groups is 1. The van der Waals surface area contributed by atoms with Gasteiger partial charge in [-0.1, -0.05) is 67.3 Å². The summed E-state index contributed by atoms with van der Waals surface area (Å²) in [5.74, 6) is 0.180. The van der Waals surface area contributed by atoms with Crippen LogP contribution in [0, 0.1) is 0 Å². The van der Waals surface area contributed by atoms with Gasteiger partial charge in [0, 0.05) is 11.9 Å². The number of sulfonamides is 1. The smallest absolute Gasteiger partial charge is 0.211 e. The Balaban J connectivity index is 3.24. The van der Waals surface area contributed by atoms with Crippen LogP contribution in [-0.2, 0) is 10.0 Å². The van der Waals surface area contributed by atoms with Crippen molar-refractivity contribution in [1.29, 1.82) is 0 Å². The molecule has 0 fully saturated rings. The Bertz CT molecular complexity index is 297. The summed E-state index contributed by atoms with van der Waals surface area (Å²) in [5.41, 5.74) is 0. The fourth-order valence-corrected chi connectivity index (χ4v) is 3.60. The van der Waals surface area contributed by atoms with Gasteiger partial charge in [0.2, 0.25) is 10.0 Å². The van der Waals surface area contributed by atoms with E-state index in [1.54, 1.807) is 0 Å². The third-order valence-electron chi connectivity index (χ3n) is 3.23. The second-order valence-electron chi connectivity index (χ2n) is 5.16. The molecule has 122 valence electrons. The summed E-state index contributed by atoms with van der Waals surface area (Å²) in [4.78, 5) is 0. The molecule has 20 heavy (non-hydrogen) atoms. The first kappa shape index (κ1) is 20.3. The van der Waals surface area contributed by atoms with E-state index in [0.29, 0.717) is 6.42 Å². The monoisotopic (exact) mass is 371 g/mol. The lowest BCUT2D eigenvalue weighted by Crippen LogP contribution is -2.28. The van der Waals surface area contributed by atoms with Crippen LogP contribution in [-0.4, -0.2) is 37.8 Å². The lowest BCUT2D eigenvalue weighted by atomic mass is 10.1. The molecule has 0 heterocycles. The van der Waals surface area contributed by atoms with Crippen molar-refractivity contribution in [3.05, 3.63) is 0 Å². The molecule has 0 unspecified atom stereocenters. The summed E-state index contributed by atoms with van der Waals surface area (Å²) in [7, 11) is -3.17. The van der Waals surface area contributed by atoms with Crippen LogP contribution in [0.3, 0.4) is 0 Å². The minimum absolute atomic E-state index is 0.122. The van der Waals surface area contributed by atoms with Crippen molar-refractivity contribution in [1.82, 2.24) is 4.72 Å². The second-order valence-corrected chi connectivity index (χ2v) is 7.88. The van der Waals surface area contributed by atoms with Crippen LogP contribution in [0.4, 0.5) is 0 Å². The van der Waals surface area contributed by atoms with Gasteiger partial charge in [-0.05, 0) is 12.8 Å². The van der Waals surface area contributed by atoms with E-state index in [0.717, 1.165) is 18.2 Å². The molecule has 0 radical (unpaired) electrons. The molecule has 4 nitrogen and oxygen atoms in total. The number of aliphatic hydroxyl groups excluding tert-OH is 1. The lowest BCUT2D eigenvalue weighted by Gasteiger charge is -2.05. The van der Waals surface area contributed by atoms with Crippen LogP contribution in [0.15, 0.2) is 0 Å². The van der Waals surface area contributed by atoms with Crippen molar-refractivity contribution >= 4 is 26.0 Å². The quantitative estimate of drug-likeness (QED) is 0.343. The van der Waals surface area contributed by atoms with E-state index in [1.165, 1.54) is 44.9 Å². The predicted octanol–water partition coefficient (Wildman–Crippen LogP) is 3.19. The molecule has 0 saturated carbocycles. The van der Waals surface area contributed by atoms with Gasteiger partial charge in [-0.15, -0.1) is 0 Å². The van der Waals surface area contributed by atoms with Gasteiger partial charge in [0.15, 0.2) is 0 Å². The van der Waals surface area contributed by atoms with Gasteiger partial charge in [-0.2, -0.15) is 0 Å². The van der Waals surface area contributed by atoms with Crippen LogP contribution >= 0.6 is 15.9 Å². The predicted molar refractivity (Wildman–Crippen MR) is 88.8 cm³/mol. The molecule has 0 aromatic heterocycles. The maximum absolute atomic E-state index is 11.4. The van der Waals surface area contributed by atoms with E-state index in [1.807, 2.05) is 0 Å². The molecule has 0 spiro atoms. The number of unbranched alkanes of at least 4 members (excludes halogenated alkanes) is 9. The first-order chi connectivity index (χ1) is 9.62. The summed E-state index contributed by atoms with van der Waals surface area (Å²) in [6.45, 7) is -0.0215. The molecule has 0 aliphatic heterocycles. The van der Waals surface area contributed by atoms with Gasteiger partial charge in [0.05, 0.1) is 12.4 Å². The van der Waals surface area contributed by atoms with E-state index < -0.39 is 10.0 Å². The maximum atomic E-state index is 11.4. The van der Waals surface area contributed by atoms with Gasteiger partial charge < -0.3 is 5.11 Å². The van der Waals surface area contributed by atoms with E-state index >= 15 is 0 Å². The summed E-state index contributed by atoms with van der Waals surface area (Å²) in [6.07, 6.45) is 11.9. The molecule has 0 aliphatic rings. The van der Waals surface area contributed by atoms with Crippen molar-refractivity contribution in [2.45, 2.75) is 64.2 Å². The maximum Gasteiger partial charge on any atom is 0.211 e. The third-order valence-corrected chi connectivity index (χ3v) is 5.26. The van der Waals surface area contributed by atoms with Crippen LogP contribution in [0.2, 0.25) is 0 Å². The van der Waals surface area contributed by atoms with Crippen LogP contribution in [0.5, 0.6) is 0 Å². The Morgan fingerprint density at radius 1 is 0.800 bits per heavy atom.